The van der Waals surface area contributed by atoms with E-state index in [-0.39, 0.29) is 36.8 Å². The van der Waals surface area contributed by atoms with E-state index in [9.17, 15) is 4.79 Å². The van der Waals surface area contributed by atoms with Crippen LogP contribution in [0.3, 0.4) is 0 Å². The highest BCUT2D eigenvalue weighted by Crippen LogP contribution is 2.32. The summed E-state index contributed by atoms with van der Waals surface area (Å²) < 4.78 is 0. The molecule has 1 saturated heterocycles. The SMILES string of the molecule is Cl.Cl.NC1(C(=O)NC2CCCN(Cc3ccccc3)C2)CC1. The molecule has 3 rings (SSSR count). The molecule has 1 atom stereocenters. The Morgan fingerprint density at radius 1 is 1.27 bits per heavy atom. The van der Waals surface area contributed by atoms with Crippen LogP contribution in [0, 0.1) is 0 Å². The van der Waals surface area contributed by atoms with Crippen molar-refractivity contribution in [2.45, 2.75) is 43.8 Å². The molecule has 1 saturated carbocycles. The van der Waals surface area contributed by atoms with Crippen molar-refractivity contribution in [2.75, 3.05) is 13.1 Å². The number of hydrogen-bond acceptors (Lipinski definition) is 3. The maximum atomic E-state index is 12.0. The van der Waals surface area contributed by atoms with Crippen LogP contribution in [-0.4, -0.2) is 35.5 Å². The Morgan fingerprint density at radius 3 is 2.59 bits per heavy atom. The minimum absolute atomic E-state index is 0. The molecule has 1 heterocycles. The fourth-order valence-electron chi connectivity index (χ4n) is 2.85. The fourth-order valence-corrected chi connectivity index (χ4v) is 2.85. The van der Waals surface area contributed by atoms with Crippen LogP contribution in [0.15, 0.2) is 30.3 Å². The first-order valence-electron chi connectivity index (χ1n) is 7.52. The monoisotopic (exact) mass is 345 g/mol. The van der Waals surface area contributed by atoms with Crippen molar-refractivity contribution in [2.24, 2.45) is 5.73 Å². The van der Waals surface area contributed by atoms with Crippen LogP contribution in [0.1, 0.15) is 31.2 Å². The summed E-state index contributed by atoms with van der Waals surface area (Å²) in [4.78, 5) is 14.4. The van der Waals surface area contributed by atoms with Gasteiger partial charge in [-0.3, -0.25) is 9.69 Å². The first-order valence-corrected chi connectivity index (χ1v) is 7.52. The maximum absolute atomic E-state index is 12.0. The average Bonchev–Trinajstić information content (AvgIpc) is 3.20. The van der Waals surface area contributed by atoms with Crippen molar-refractivity contribution in [3.05, 3.63) is 35.9 Å². The first kappa shape index (κ1) is 19.2. The summed E-state index contributed by atoms with van der Waals surface area (Å²) in [6, 6.07) is 10.7. The molecule has 22 heavy (non-hydrogen) atoms. The average molecular weight is 346 g/mol. The number of benzene rings is 1. The second-order valence-corrected chi connectivity index (χ2v) is 6.19. The second kappa shape index (κ2) is 8.16. The zero-order chi connectivity index (χ0) is 14.0. The molecule has 0 radical (unpaired) electrons. The lowest BCUT2D eigenvalue weighted by Crippen LogP contribution is -2.52. The number of halogens is 2. The van der Waals surface area contributed by atoms with Gasteiger partial charge in [0, 0.05) is 19.1 Å². The molecule has 124 valence electrons. The first-order chi connectivity index (χ1) is 9.66. The number of carbonyl (C=O) groups excluding carboxylic acids is 1. The number of hydrogen-bond donors (Lipinski definition) is 2. The van der Waals surface area contributed by atoms with Gasteiger partial charge in [-0.2, -0.15) is 0 Å². The Kier molecular flexibility index (Phi) is 7.13. The van der Waals surface area contributed by atoms with Gasteiger partial charge in [-0.15, -0.1) is 24.8 Å². The molecule has 4 nitrogen and oxygen atoms in total. The quantitative estimate of drug-likeness (QED) is 0.878. The van der Waals surface area contributed by atoms with Gasteiger partial charge in [0.25, 0.3) is 0 Å². The zero-order valence-electron chi connectivity index (χ0n) is 12.7. The summed E-state index contributed by atoms with van der Waals surface area (Å²) in [5.74, 6) is 0.0454. The van der Waals surface area contributed by atoms with Gasteiger partial charge < -0.3 is 11.1 Å². The van der Waals surface area contributed by atoms with E-state index < -0.39 is 5.54 Å². The van der Waals surface area contributed by atoms with E-state index in [4.69, 9.17) is 5.73 Å². The van der Waals surface area contributed by atoms with Crippen molar-refractivity contribution in [1.29, 1.82) is 0 Å². The predicted molar refractivity (Wildman–Crippen MR) is 93.5 cm³/mol. The van der Waals surface area contributed by atoms with Crippen molar-refractivity contribution in [3.63, 3.8) is 0 Å². The Bertz CT molecular complexity index is 480. The maximum Gasteiger partial charge on any atom is 0.240 e. The minimum Gasteiger partial charge on any atom is -0.350 e. The lowest BCUT2D eigenvalue weighted by atomic mass is 10.0. The third-order valence-electron chi connectivity index (χ3n) is 4.33. The number of piperidine rings is 1. The van der Waals surface area contributed by atoms with E-state index in [1.807, 2.05) is 6.07 Å². The third-order valence-corrected chi connectivity index (χ3v) is 4.33. The molecular weight excluding hydrogens is 321 g/mol. The Morgan fingerprint density at radius 2 is 1.95 bits per heavy atom. The highest BCUT2D eigenvalue weighted by molar-refractivity contribution is 5.89. The fraction of sp³-hybridized carbons (Fsp3) is 0.562. The summed E-state index contributed by atoms with van der Waals surface area (Å²) in [7, 11) is 0. The molecule has 3 N–H and O–H groups in total. The normalized spacial score (nSPS) is 22.9. The molecule has 1 aromatic carbocycles. The zero-order valence-corrected chi connectivity index (χ0v) is 14.3. The number of amides is 1. The second-order valence-electron chi connectivity index (χ2n) is 6.19. The smallest absolute Gasteiger partial charge is 0.240 e. The molecule has 1 aliphatic heterocycles. The molecule has 0 aromatic heterocycles. The van der Waals surface area contributed by atoms with Crippen LogP contribution in [-0.2, 0) is 11.3 Å². The van der Waals surface area contributed by atoms with E-state index in [1.54, 1.807) is 0 Å². The molecule has 0 spiro atoms. The van der Waals surface area contributed by atoms with Crippen LogP contribution in [0.2, 0.25) is 0 Å². The third kappa shape index (κ3) is 4.85. The molecule has 6 heteroatoms. The highest BCUT2D eigenvalue weighted by Gasteiger charge is 2.46. The summed E-state index contributed by atoms with van der Waals surface area (Å²) in [6.45, 7) is 2.99. The van der Waals surface area contributed by atoms with E-state index >= 15 is 0 Å². The molecule has 2 fully saturated rings. The van der Waals surface area contributed by atoms with Gasteiger partial charge >= 0.3 is 0 Å². The molecule has 0 bridgehead atoms. The Hall–Kier alpha value is -0.810. The van der Waals surface area contributed by atoms with Gasteiger partial charge in [-0.05, 0) is 37.8 Å². The van der Waals surface area contributed by atoms with Gasteiger partial charge in [0.15, 0.2) is 0 Å². The van der Waals surface area contributed by atoms with Crippen molar-refractivity contribution >= 4 is 30.7 Å². The van der Waals surface area contributed by atoms with Gasteiger partial charge in [0.05, 0.1) is 5.54 Å². The van der Waals surface area contributed by atoms with Gasteiger partial charge in [-0.1, -0.05) is 30.3 Å². The van der Waals surface area contributed by atoms with E-state index in [0.717, 1.165) is 45.3 Å². The van der Waals surface area contributed by atoms with Crippen LogP contribution < -0.4 is 11.1 Å². The topological polar surface area (TPSA) is 58.4 Å². The van der Waals surface area contributed by atoms with E-state index in [0.29, 0.717) is 0 Å². The number of nitrogens with zero attached hydrogens (tertiary/aromatic N) is 1. The lowest BCUT2D eigenvalue weighted by Gasteiger charge is -2.33. The van der Waals surface area contributed by atoms with Crippen LogP contribution in [0.4, 0.5) is 0 Å². The van der Waals surface area contributed by atoms with Crippen LogP contribution in [0.25, 0.3) is 0 Å². The van der Waals surface area contributed by atoms with Gasteiger partial charge in [0.2, 0.25) is 5.91 Å². The summed E-state index contributed by atoms with van der Waals surface area (Å²) in [5, 5.41) is 3.13. The summed E-state index contributed by atoms with van der Waals surface area (Å²) in [6.07, 6.45) is 3.86. The Balaban J connectivity index is 0.00000121. The number of rotatable bonds is 4. The molecule has 1 amide bonds. The molecule has 2 aliphatic rings. The van der Waals surface area contributed by atoms with Crippen molar-refractivity contribution in [3.8, 4) is 0 Å². The summed E-state index contributed by atoms with van der Waals surface area (Å²) >= 11 is 0. The minimum atomic E-state index is -0.554. The van der Waals surface area contributed by atoms with Crippen LogP contribution in [0.5, 0.6) is 0 Å². The van der Waals surface area contributed by atoms with Gasteiger partial charge in [-0.25, -0.2) is 0 Å². The molecule has 1 unspecified atom stereocenters. The van der Waals surface area contributed by atoms with Crippen LogP contribution >= 0.6 is 24.8 Å². The number of nitrogens with one attached hydrogen (secondary N) is 1. The molecule has 1 aromatic rings. The summed E-state index contributed by atoms with van der Waals surface area (Å²) in [5.41, 5.74) is 6.72. The number of carbonyl (C=O) groups is 1. The standard InChI is InChI=1S/C16H23N3O.2ClH/c17-16(8-9-16)15(20)18-14-7-4-10-19(12-14)11-13-5-2-1-3-6-13;;/h1-3,5-6,14H,4,7-12,17H2,(H,18,20);2*1H. The van der Waals surface area contributed by atoms with E-state index in [2.05, 4.69) is 34.5 Å². The van der Waals surface area contributed by atoms with Gasteiger partial charge in [0.1, 0.15) is 0 Å². The van der Waals surface area contributed by atoms with Crippen molar-refractivity contribution < 1.29 is 4.79 Å². The van der Waals surface area contributed by atoms with Crippen molar-refractivity contribution in [1.82, 2.24) is 10.2 Å². The Labute approximate surface area is 144 Å². The number of likely N-dealkylation sites (tertiary alicyclic amines) is 1. The molecular formula is C16H25Cl2N3O. The predicted octanol–water partition coefficient (Wildman–Crippen LogP) is 2.10. The molecule has 1 aliphatic carbocycles. The van der Waals surface area contributed by atoms with E-state index in [1.165, 1.54) is 5.56 Å². The largest absolute Gasteiger partial charge is 0.350 e. The lowest BCUT2D eigenvalue weighted by molar-refractivity contribution is -0.124. The number of nitrogens with two attached hydrogens (primary N) is 1. The highest BCUT2D eigenvalue weighted by atomic mass is 35.5.